The van der Waals surface area contributed by atoms with Crippen LogP contribution in [0.25, 0.3) is 11.0 Å². The lowest BCUT2D eigenvalue weighted by molar-refractivity contribution is -0.144. The normalized spacial score (nSPS) is 22.6. The minimum atomic E-state index is -0.739. The van der Waals surface area contributed by atoms with Crippen LogP contribution in [0.3, 0.4) is 0 Å². The van der Waals surface area contributed by atoms with Gasteiger partial charge in [-0.15, -0.1) is 0 Å². The molecule has 1 fully saturated rings. The standard InChI is InChI=1S/C17H22FN3O2/c1-3-21-14-6-4-5-13(18)16(14)19-15(21)10-20-8-11(2)7-12(9-20)17(22)23/h4-6,11-12H,3,7-10H2,1-2H3,(H,22,23). The molecule has 1 aliphatic rings. The highest BCUT2D eigenvalue weighted by Gasteiger charge is 2.30. The largest absolute Gasteiger partial charge is 0.481 e. The number of halogens is 1. The summed E-state index contributed by atoms with van der Waals surface area (Å²) in [6.45, 7) is 6.71. The van der Waals surface area contributed by atoms with E-state index in [0.29, 0.717) is 37.5 Å². The summed E-state index contributed by atoms with van der Waals surface area (Å²) >= 11 is 0. The van der Waals surface area contributed by atoms with Crippen LogP contribution in [0.5, 0.6) is 0 Å². The number of para-hydroxylation sites is 1. The van der Waals surface area contributed by atoms with Gasteiger partial charge in [-0.25, -0.2) is 9.37 Å². The highest BCUT2D eigenvalue weighted by atomic mass is 19.1. The van der Waals surface area contributed by atoms with Crippen LogP contribution in [0.15, 0.2) is 18.2 Å². The lowest BCUT2D eigenvalue weighted by atomic mass is 9.90. The number of rotatable bonds is 4. The van der Waals surface area contributed by atoms with Gasteiger partial charge in [-0.2, -0.15) is 0 Å². The molecule has 0 bridgehead atoms. The second kappa shape index (κ2) is 6.28. The number of likely N-dealkylation sites (tertiary alicyclic amines) is 1. The van der Waals surface area contributed by atoms with Crippen molar-refractivity contribution in [2.75, 3.05) is 13.1 Å². The number of benzene rings is 1. The third kappa shape index (κ3) is 3.08. The van der Waals surface area contributed by atoms with E-state index in [2.05, 4.69) is 16.8 Å². The quantitative estimate of drug-likeness (QED) is 0.941. The summed E-state index contributed by atoms with van der Waals surface area (Å²) < 4.78 is 16.0. The molecule has 1 saturated heterocycles. The number of carbonyl (C=O) groups is 1. The van der Waals surface area contributed by atoms with Crippen LogP contribution in [0.1, 0.15) is 26.1 Å². The molecular weight excluding hydrogens is 297 g/mol. The molecule has 1 aromatic carbocycles. The fourth-order valence-corrected chi connectivity index (χ4v) is 3.60. The first-order valence-corrected chi connectivity index (χ1v) is 8.08. The number of fused-ring (bicyclic) bond motifs is 1. The van der Waals surface area contributed by atoms with Crippen molar-refractivity contribution in [1.29, 1.82) is 0 Å². The van der Waals surface area contributed by atoms with Gasteiger partial charge >= 0.3 is 5.97 Å². The third-order valence-electron chi connectivity index (χ3n) is 4.57. The average Bonchev–Trinajstić information content (AvgIpc) is 2.85. The summed E-state index contributed by atoms with van der Waals surface area (Å²) in [6.07, 6.45) is 0.713. The molecule has 0 saturated carbocycles. The van der Waals surface area contributed by atoms with Gasteiger partial charge in [0.05, 0.1) is 18.0 Å². The lowest BCUT2D eigenvalue weighted by Crippen LogP contribution is -2.42. The van der Waals surface area contributed by atoms with E-state index in [1.54, 1.807) is 6.07 Å². The number of aliphatic carboxylic acids is 1. The van der Waals surface area contributed by atoms with Crippen molar-refractivity contribution in [2.45, 2.75) is 33.4 Å². The number of piperidine rings is 1. The van der Waals surface area contributed by atoms with Crippen LogP contribution in [-0.2, 0) is 17.9 Å². The smallest absolute Gasteiger partial charge is 0.307 e. The van der Waals surface area contributed by atoms with Gasteiger partial charge in [-0.05, 0) is 31.4 Å². The van der Waals surface area contributed by atoms with E-state index in [0.717, 1.165) is 17.9 Å². The van der Waals surface area contributed by atoms with Crippen molar-refractivity contribution in [3.8, 4) is 0 Å². The van der Waals surface area contributed by atoms with Gasteiger partial charge in [0.1, 0.15) is 11.3 Å². The minimum Gasteiger partial charge on any atom is -0.481 e. The molecule has 1 aromatic heterocycles. The second-order valence-electron chi connectivity index (χ2n) is 6.45. The van der Waals surface area contributed by atoms with Gasteiger partial charge < -0.3 is 9.67 Å². The molecule has 3 rings (SSSR count). The Morgan fingerprint density at radius 1 is 1.43 bits per heavy atom. The predicted molar refractivity (Wildman–Crippen MR) is 85.5 cm³/mol. The van der Waals surface area contributed by atoms with Crippen molar-refractivity contribution >= 4 is 17.0 Å². The van der Waals surface area contributed by atoms with Crippen molar-refractivity contribution in [2.24, 2.45) is 11.8 Å². The van der Waals surface area contributed by atoms with Crippen molar-refractivity contribution in [3.05, 3.63) is 29.8 Å². The van der Waals surface area contributed by atoms with Crippen molar-refractivity contribution in [1.82, 2.24) is 14.5 Å². The Hall–Kier alpha value is -1.95. The number of hydrogen-bond acceptors (Lipinski definition) is 3. The van der Waals surface area contributed by atoms with Crippen molar-refractivity contribution in [3.63, 3.8) is 0 Å². The topological polar surface area (TPSA) is 58.4 Å². The van der Waals surface area contributed by atoms with Gasteiger partial charge in [0, 0.05) is 19.6 Å². The summed E-state index contributed by atoms with van der Waals surface area (Å²) in [6, 6.07) is 4.98. The number of imidazole rings is 1. The van der Waals surface area contributed by atoms with E-state index >= 15 is 0 Å². The fourth-order valence-electron chi connectivity index (χ4n) is 3.60. The van der Waals surface area contributed by atoms with E-state index in [-0.39, 0.29) is 11.7 Å². The molecule has 6 heteroatoms. The first-order chi connectivity index (χ1) is 11.0. The van der Waals surface area contributed by atoms with Crippen molar-refractivity contribution < 1.29 is 14.3 Å². The number of carboxylic acid groups (broad SMARTS) is 1. The molecule has 0 amide bonds. The molecule has 2 heterocycles. The molecule has 2 unspecified atom stereocenters. The molecule has 5 nitrogen and oxygen atoms in total. The molecule has 1 N–H and O–H groups in total. The monoisotopic (exact) mass is 319 g/mol. The second-order valence-corrected chi connectivity index (χ2v) is 6.45. The highest BCUT2D eigenvalue weighted by Crippen LogP contribution is 2.25. The molecule has 0 radical (unpaired) electrons. The average molecular weight is 319 g/mol. The third-order valence-corrected chi connectivity index (χ3v) is 4.57. The first-order valence-electron chi connectivity index (χ1n) is 8.08. The molecule has 23 heavy (non-hydrogen) atoms. The zero-order chi connectivity index (χ0) is 16.6. The van der Waals surface area contributed by atoms with Crippen LogP contribution < -0.4 is 0 Å². The maximum atomic E-state index is 14.0. The summed E-state index contributed by atoms with van der Waals surface area (Å²) in [7, 11) is 0. The maximum absolute atomic E-state index is 14.0. The Balaban J connectivity index is 1.89. The Labute approximate surface area is 134 Å². The summed E-state index contributed by atoms with van der Waals surface area (Å²) in [5, 5.41) is 9.29. The van der Waals surface area contributed by atoms with Gasteiger partial charge in [0.2, 0.25) is 0 Å². The number of hydrogen-bond donors (Lipinski definition) is 1. The Morgan fingerprint density at radius 3 is 2.91 bits per heavy atom. The molecule has 0 spiro atoms. The molecule has 2 atom stereocenters. The van der Waals surface area contributed by atoms with E-state index in [1.807, 2.05) is 17.6 Å². The van der Waals surface area contributed by atoms with E-state index in [9.17, 15) is 14.3 Å². The molecular formula is C17H22FN3O2. The summed E-state index contributed by atoms with van der Waals surface area (Å²) in [4.78, 5) is 17.9. The van der Waals surface area contributed by atoms with Crippen LogP contribution in [0, 0.1) is 17.7 Å². The van der Waals surface area contributed by atoms with Gasteiger partial charge in [0.25, 0.3) is 0 Å². The molecule has 0 aliphatic carbocycles. The van der Waals surface area contributed by atoms with E-state index in [4.69, 9.17) is 0 Å². The summed E-state index contributed by atoms with van der Waals surface area (Å²) in [5.74, 6) is -0.259. The molecule has 1 aliphatic heterocycles. The van der Waals surface area contributed by atoms with Crippen LogP contribution in [0.2, 0.25) is 0 Å². The Morgan fingerprint density at radius 2 is 2.22 bits per heavy atom. The SMILES string of the molecule is CCn1c(CN2CC(C)CC(C(=O)O)C2)nc2c(F)cccc21. The summed E-state index contributed by atoms with van der Waals surface area (Å²) in [5.41, 5.74) is 1.19. The minimum absolute atomic E-state index is 0.314. The predicted octanol–water partition coefficient (Wildman–Crippen LogP) is 2.74. The van der Waals surface area contributed by atoms with E-state index < -0.39 is 5.97 Å². The number of carboxylic acids is 1. The highest BCUT2D eigenvalue weighted by molar-refractivity contribution is 5.76. The zero-order valence-corrected chi connectivity index (χ0v) is 13.5. The van der Waals surface area contributed by atoms with Crippen LogP contribution >= 0.6 is 0 Å². The number of aryl methyl sites for hydroxylation is 1. The van der Waals surface area contributed by atoms with Crippen LogP contribution in [-0.4, -0.2) is 38.6 Å². The van der Waals surface area contributed by atoms with Gasteiger partial charge in [-0.1, -0.05) is 13.0 Å². The molecule has 124 valence electrons. The fraction of sp³-hybridized carbons (Fsp3) is 0.529. The first kappa shape index (κ1) is 15.9. The Bertz CT molecular complexity index is 728. The number of nitrogens with zero attached hydrogens (tertiary/aromatic N) is 3. The van der Waals surface area contributed by atoms with Gasteiger partial charge in [-0.3, -0.25) is 9.69 Å². The van der Waals surface area contributed by atoms with E-state index in [1.165, 1.54) is 6.07 Å². The Kier molecular flexibility index (Phi) is 4.35. The zero-order valence-electron chi connectivity index (χ0n) is 13.5. The number of aromatic nitrogens is 2. The lowest BCUT2D eigenvalue weighted by Gasteiger charge is -2.34. The van der Waals surface area contributed by atoms with Gasteiger partial charge in [0.15, 0.2) is 5.82 Å². The maximum Gasteiger partial charge on any atom is 0.307 e. The molecule has 2 aromatic rings. The van der Waals surface area contributed by atoms with Crippen LogP contribution in [0.4, 0.5) is 4.39 Å².